The highest BCUT2D eigenvalue weighted by atomic mass is 16.2. The second-order valence-corrected chi connectivity index (χ2v) is 7.55. The lowest BCUT2D eigenvalue weighted by Gasteiger charge is -2.23. The number of aromatic amines is 1. The average molecular weight is 340 g/mol. The number of aryl methyl sites for hydroxylation is 2. The van der Waals surface area contributed by atoms with E-state index in [1.807, 2.05) is 4.90 Å². The van der Waals surface area contributed by atoms with Gasteiger partial charge in [0.15, 0.2) is 0 Å². The van der Waals surface area contributed by atoms with E-state index in [1.165, 1.54) is 42.6 Å². The predicted molar refractivity (Wildman–Crippen MR) is 101 cm³/mol. The Kier molecular flexibility index (Phi) is 4.42. The summed E-state index contributed by atoms with van der Waals surface area (Å²) in [7, 11) is 0. The second kappa shape index (κ2) is 6.71. The summed E-state index contributed by atoms with van der Waals surface area (Å²) in [5, 5.41) is 4.35. The van der Waals surface area contributed by atoms with Gasteiger partial charge in [0.2, 0.25) is 0 Å². The van der Waals surface area contributed by atoms with E-state index in [0.717, 1.165) is 30.6 Å². The minimum Gasteiger partial charge on any atom is -0.358 e. The van der Waals surface area contributed by atoms with Gasteiger partial charge in [-0.05, 0) is 69.5 Å². The number of carbonyl (C=O) groups is 1. The normalized spacial score (nSPS) is 21.4. The lowest BCUT2D eigenvalue weighted by atomic mass is 10.1. The van der Waals surface area contributed by atoms with Gasteiger partial charge in [-0.3, -0.25) is 4.90 Å². The fraction of sp³-hybridized carbons (Fsp3) is 0.550. The van der Waals surface area contributed by atoms with Crippen molar-refractivity contribution in [1.82, 2.24) is 20.1 Å². The lowest BCUT2D eigenvalue weighted by Crippen LogP contribution is -2.41. The van der Waals surface area contributed by atoms with Gasteiger partial charge in [-0.25, -0.2) is 4.79 Å². The van der Waals surface area contributed by atoms with Gasteiger partial charge < -0.3 is 15.2 Å². The zero-order valence-corrected chi connectivity index (χ0v) is 15.3. The van der Waals surface area contributed by atoms with Crippen LogP contribution in [0.1, 0.15) is 36.1 Å². The summed E-state index contributed by atoms with van der Waals surface area (Å²) in [5.41, 5.74) is 4.81. The molecule has 134 valence electrons. The van der Waals surface area contributed by atoms with Gasteiger partial charge in [0.05, 0.1) is 0 Å². The maximum atomic E-state index is 12.5. The molecule has 2 amide bonds. The van der Waals surface area contributed by atoms with Crippen LogP contribution in [0.3, 0.4) is 0 Å². The average Bonchev–Trinajstić information content (AvgIpc) is 3.34. The molecule has 25 heavy (non-hydrogen) atoms. The molecule has 0 aliphatic carbocycles. The number of urea groups is 1. The standard InChI is InChI=1S/C20H28N4O/c1-14-15(2)22-19-6-5-16(11-18(14)19)12-21-20(25)24-10-7-17(13-24)23-8-3-4-9-23/h5-6,11,17,22H,3-4,7-10,12-13H2,1-2H3,(H,21,25)/t17-/m1/s1. The Morgan fingerprint density at radius 1 is 1.24 bits per heavy atom. The fourth-order valence-corrected chi connectivity index (χ4v) is 4.24. The number of hydrogen-bond acceptors (Lipinski definition) is 2. The molecule has 2 N–H and O–H groups in total. The van der Waals surface area contributed by atoms with Crippen LogP contribution in [0.5, 0.6) is 0 Å². The molecule has 1 atom stereocenters. The molecule has 0 saturated carbocycles. The molecule has 2 aliphatic rings. The van der Waals surface area contributed by atoms with Crippen LogP contribution in [0.15, 0.2) is 18.2 Å². The van der Waals surface area contributed by atoms with Crippen molar-refractivity contribution in [2.24, 2.45) is 0 Å². The van der Waals surface area contributed by atoms with Crippen molar-refractivity contribution >= 4 is 16.9 Å². The van der Waals surface area contributed by atoms with Crippen LogP contribution in [0.2, 0.25) is 0 Å². The molecule has 1 aromatic heterocycles. The molecule has 5 nitrogen and oxygen atoms in total. The summed E-state index contributed by atoms with van der Waals surface area (Å²) in [6, 6.07) is 7.02. The number of likely N-dealkylation sites (tertiary alicyclic amines) is 2. The third-order valence-corrected chi connectivity index (χ3v) is 5.92. The zero-order chi connectivity index (χ0) is 17.4. The molecule has 0 spiro atoms. The Balaban J connectivity index is 1.35. The van der Waals surface area contributed by atoms with Gasteiger partial charge in [-0.2, -0.15) is 0 Å². The maximum Gasteiger partial charge on any atom is 0.317 e. The SMILES string of the molecule is Cc1[nH]c2ccc(CNC(=O)N3CC[C@@H](N4CCCC4)C3)cc2c1C. The Morgan fingerprint density at radius 2 is 2.04 bits per heavy atom. The van der Waals surface area contributed by atoms with Crippen LogP contribution in [0.4, 0.5) is 4.79 Å². The quantitative estimate of drug-likeness (QED) is 0.902. The number of aromatic nitrogens is 1. The first-order valence-electron chi connectivity index (χ1n) is 9.46. The maximum absolute atomic E-state index is 12.5. The first-order valence-corrected chi connectivity index (χ1v) is 9.46. The van der Waals surface area contributed by atoms with E-state index in [0.29, 0.717) is 12.6 Å². The van der Waals surface area contributed by atoms with E-state index < -0.39 is 0 Å². The topological polar surface area (TPSA) is 51.4 Å². The lowest BCUT2D eigenvalue weighted by molar-refractivity contribution is 0.198. The van der Waals surface area contributed by atoms with Crippen LogP contribution >= 0.6 is 0 Å². The van der Waals surface area contributed by atoms with E-state index >= 15 is 0 Å². The van der Waals surface area contributed by atoms with Crippen molar-refractivity contribution in [2.75, 3.05) is 26.2 Å². The molecule has 0 unspecified atom stereocenters. The molecule has 0 radical (unpaired) electrons. The molecule has 2 saturated heterocycles. The van der Waals surface area contributed by atoms with E-state index in [4.69, 9.17) is 0 Å². The number of benzene rings is 1. The summed E-state index contributed by atoms with van der Waals surface area (Å²) < 4.78 is 0. The van der Waals surface area contributed by atoms with E-state index in [2.05, 4.69) is 47.2 Å². The molecule has 3 heterocycles. The number of rotatable bonds is 3. The minimum atomic E-state index is 0.0729. The minimum absolute atomic E-state index is 0.0729. The number of nitrogens with zero attached hydrogens (tertiary/aromatic N) is 2. The van der Waals surface area contributed by atoms with Gasteiger partial charge in [0.25, 0.3) is 0 Å². The molecule has 4 rings (SSSR count). The summed E-state index contributed by atoms with van der Waals surface area (Å²) in [6.45, 7) is 8.98. The molecule has 1 aromatic carbocycles. The number of nitrogens with one attached hydrogen (secondary N) is 2. The number of hydrogen-bond donors (Lipinski definition) is 2. The van der Waals surface area contributed by atoms with Crippen molar-refractivity contribution in [3.8, 4) is 0 Å². The Hall–Kier alpha value is -2.01. The van der Waals surface area contributed by atoms with E-state index in [1.54, 1.807) is 0 Å². The first kappa shape index (κ1) is 16.5. The second-order valence-electron chi connectivity index (χ2n) is 7.55. The van der Waals surface area contributed by atoms with Gasteiger partial charge in [0.1, 0.15) is 0 Å². The highest BCUT2D eigenvalue weighted by Gasteiger charge is 2.31. The number of fused-ring (bicyclic) bond motifs is 1. The first-order chi connectivity index (χ1) is 12.1. The van der Waals surface area contributed by atoms with Gasteiger partial charge in [-0.1, -0.05) is 6.07 Å². The summed E-state index contributed by atoms with van der Waals surface area (Å²) in [5.74, 6) is 0. The number of carbonyl (C=O) groups excluding carboxylic acids is 1. The number of H-pyrrole nitrogens is 1. The third-order valence-electron chi connectivity index (χ3n) is 5.92. The van der Waals surface area contributed by atoms with Crippen LogP contribution in [-0.2, 0) is 6.54 Å². The van der Waals surface area contributed by atoms with Crippen LogP contribution < -0.4 is 5.32 Å². The van der Waals surface area contributed by atoms with Gasteiger partial charge >= 0.3 is 6.03 Å². The highest BCUT2D eigenvalue weighted by molar-refractivity contribution is 5.85. The Bertz CT molecular complexity index is 775. The highest BCUT2D eigenvalue weighted by Crippen LogP contribution is 2.23. The van der Waals surface area contributed by atoms with E-state index in [-0.39, 0.29) is 6.03 Å². The van der Waals surface area contributed by atoms with Crippen molar-refractivity contribution in [3.05, 3.63) is 35.0 Å². The van der Waals surface area contributed by atoms with Crippen LogP contribution in [0, 0.1) is 13.8 Å². The Labute approximate surface area is 149 Å². The van der Waals surface area contributed by atoms with Crippen LogP contribution in [0.25, 0.3) is 10.9 Å². The van der Waals surface area contributed by atoms with Crippen molar-refractivity contribution in [1.29, 1.82) is 0 Å². The smallest absolute Gasteiger partial charge is 0.317 e. The van der Waals surface area contributed by atoms with Crippen molar-refractivity contribution < 1.29 is 4.79 Å². The summed E-state index contributed by atoms with van der Waals surface area (Å²) >= 11 is 0. The molecule has 2 fully saturated rings. The van der Waals surface area contributed by atoms with Crippen molar-refractivity contribution in [3.63, 3.8) is 0 Å². The molecular formula is C20H28N4O. The largest absolute Gasteiger partial charge is 0.358 e. The molecule has 2 aromatic rings. The molecular weight excluding hydrogens is 312 g/mol. The molecule has 0 bridgehead atoms. The van der Waals surface area contributed by atoms with Crippen molar-refractivity contribution in [2.45, 2.75) is 45.7 Å². The summed E-state index contributed by atoms with van der Waals surface area (Å²) in [6.07, 6.45) is 3.73. The van der Waals surface area contributed by atoms with Crippen LogP contribution in [-0.4, -0.2) is 53.0 Å². The molecule has 5 heteroatoms. The predicted octanol–water partition coefficient (Wildman–Crippen LogP) is 3.16. The number of amides is 2. The monoisotopic (exact) mass is 340 g/mol. The fourth-order valence-electron chi connectivity index (χ4n) is 4.24. The van der Waals surface area contributed by atoms with E-state index in [9.17, 15) is 4.79 Å². The molecule has 2 aliphatic heterocycles. The summed E-state index contributed by atoms with van der Waals surface area (Å²) in [4.78, 5) is 20.4. The van der Waals surface area contributed by atoms with Gasteiger partial charge in [0, 0.05) is 42.3 Å². The Morgan fingerprint density at radius 3 is 2.84 bits per heavy atom. The van der Waals surface area contributed by atoms with Gasteiger partial charge in [-0.15, -0.1) is 0 Å². The third kappa shape index (κ3) is 3.25. The zero-order valence-electron chi connectivity index (χ0n) is 15.3.